The molecule has 49 heavy (non-hydrogen) atoms. The molecule has 0 aliphatic rings. The molecule has 280 valence electrons. The number of esters is 2. The van der Waals surface area contributed by atoms with E-state index in [2.05, 4.69) is 60.0 Å². The molecule has 11 nitrogen and oxygen atoms in total. The average Bonchev–Trinajstić information content (AvgIpc) is 3.12. The van der Waals surface area contributed by atoms with Crippen LogP contribution >= 0.6 is 0 Å². The van der Waals surface area contributed by atoms with Crippen LogP contribution in [0.2, 0.25) is 0 Å². The van der Waals surface area contributed by atoms with Gasteiger partial charge in [-0.2, -0.15) is 0 Å². The summed E-state index contributed by atoms with van der Waals surface area (Å²) in [6.07, 6.45) is 8.26. The SMILES string of the molecule is C=CC(=C)c1ccc(C)cc1.CC.CCOC(=O)[C@H](C)CCNC(=O)CCC(=O)OCCNC.NCCN.O=CCCc1ccncc1.[Pt]. The van der Waals surface area contributed by atoms with Gasteiger partial charge in [-0.15, -0.1) is 0 Å². The van der Waals surface area contributed by atoms with Crippen molar-refractivity contribution in [2.45, 2.75) is 66.7 Å². The van der Waals surface area contributed by atoms with Gasteiger partial charge in [0.1, 0.15) is 12.9 Å². The van der Waals surface area contributed by atoms with Crippen molar-refractivity contribution in [1.82, 2.24) is 15.6 Å². The molecule has 0 spiro atoms. The molecule has 0 fully saturated rings. The maximum absolute atomic E-state index is 11.5. The van der Waals surface area contributed by atoms with Crippen LogP contribution in [0.15, 0.2) is 68.0 Å². The van der Waals surface area contributed by atoms with Crippen molar-refractivity contribution in [3.63, 3.8) is 0 Å². The van der Waals surface area contributed by atoms with Crippen molar-refractivity contribution in [3.05, 3.63) is 84.7 Å². The minimum absolute atomic E-state index is 0. The van der Waals surface area contributed by atoms with Crippen molar-refractivity contribution in [2.24, 2.45) is 17.4 Å². The van der Waals surface area contributed by atoms with Crippen LogP contribution in [0.25, 0.3) is 5.57 Å². The first-order valence-electron chi connectivity index (χ1n) is 16.4. The standard InChI is InChI=1S/C14H26N2O5.C11H12.C8H9NO.C2H8N2.C2H6.Pt/c1-4-20-14(19)11(2)7-8-16-12(17)5-6-13(18)21-10-9-15-3;1-4-10(3)11-7-5-9(2)6-8-11;10-7-1-2-8-3-5-9-6-4-8;3-1-2-4;1-2;/h11,15H,4-10H2,1-3H3,(H,16,17);4-8H,1,3H2,2H3;3-7H,1-2H2;1-4H2;1-2H3;/t11-;;;;;/m1...../s1. The first kappa shape index (κ1) is 52.3. The Balaban J connectivity index is -0.000000303. The zero-order valence-corrected chi connectivity index (χ0v) is 32.7. The van der Waals surface area contributed by atoms with Gasteiger partial charge in [0.15, 0.2) is 0 Å². The molecule has 12 heteroatoms. The molecule has 1 atom stereocenters. The van der Waals surface area contributed by atoms with E-state index in [9.17, 15) is 19.2 Å². The average molecular weight is 867 g/mol. The van der Waals surface area contributed by atoms with Gasteiger partial charge in [0.2, 0.25) is 5.91 Å². The molecule has 1 aromatic carbocycles. The summed E-state index contributed by atoms with van der Waals surface area (Å²) < 4.78 is 9.76. The van der Waals surface area contributed by atoms with E-state index >= 15 is 0 Å². The molecule has 0 unspecified atom stereocenters. The molecule has 0 aliphatic heterocycles. The largest absolute Gasteiger partial charge is 0.466 e. The second kappa shape index (κ2) is 38.9. The first-order chi connectivity index (χ1) is 23.1. The van der Waals surface area contributed by atoms with E-state index in [-0.39, 0.29) is 57.7 Å². The van der Waals surface area contributed by atoms with Crippen LogP contribution in [-0.2, 0) is 56.1 Å². The van der Waals surface area contributed by atoms with E-state index in [4.69, 9.17) is 20.9 Å². The number of rotatable bonds is 17. The zero-order chi connectivity index (χ0) is 37.0. The van der Waals surface area contributed by atoms with E-state index in [1.165, 1.54) is 11.1 Å². The maximum Gasteiger partial charge on any atom is 0.308 e. The monoisotopic (exact) mass is 866 g/mol. The summed E-state index contributed by atoms with van der Waals surface area (Å²) in [5.74, 6) is -1.13. The Bertz CT molecular complexity index is 1120. The van der Waals surface area contributed by atoms with Gasteiger partial charge in [0.05, 0.1) is 18.9 Å². The molecule has 0 saturated heterocycles. The Hall–Kier alpha value is -3.50. The van der Waals surface area contributed by atoms with Crippen LogP contribution in [0.4, 0.5) is 0 Å². The van der Waals surface area contributed by atoms with Crippen molar-refractivity contribution in [2.75, 3.05) is 46.4 Å². The van der Waals surface area contributed by atoms with Crippen molar-refractivity contribution in [3.8, 4) is 0 Å². The molecule has 0 bridgehead atoms. The van der Waals surface area contributed by atoms with Crippen LogP contribution in [0.1, 0.15) is 70.1 Å². The van der Waals surface area contributed by atoms with Gasteiger partial charge in [-0.1, -0.05) is 69.8 Å². The molecule has 0 radical (unpaired) electrons. The number of aldehydes is 1. The van der Waals surface area contributed by atoms with Crippen molar-refractivity contribution < 1.29 is 49.7 Å². The molecule has 2 rings (SSSR count). The van der Waals surface area contributed by atoms with E-state index in [1.807, 2.05) is 26.0 Å². The second-order valence-corrected chi connectivity index (χ2v) is 9.85. The van der Waals surface area contributed by atoms with Crippen molar-refractivity contribution >= 4 is 29.7 Å². The van der Waals surface area contributed by atoms with Crippen LogP contribution in [0, 0.1) is 12.8 Å². The van der Waals surface area contributed by atoms with Crippen molar-refractivity contribution in [1.29, 1.82) is 0 Å². The van der Waals surface area contributed by atoms with Crippen LogP contribution in [0.5, 0.6) is 0 Å². The number of pyridine rings is 1. The molecular weight excluding hydrogens is 806 g/mol. The number of hydrogen-bond acceptors (Lipinski definition) is 10. The summed E-state index contributed by atoms with van der Waals surface area (Å²) in [6.45, 7) is 19.9. The number of nitrogens with two attached hydrogens (primary N) is 2. The number of aryl methyl sites for hydroxylation is 2. The maximum atomic E-state index is 11.5. The summed E-state index contributed by atoms with van der Waals surface area (Å²) in [5, 5.41) is 5.52. The number of nitrogens with one attached hydrogen (secondary N) is 2. The molecular formula is C37H61N5O6Pt. The summed E-state index contributed by atoms with van der Waals surface area (Å²) in [6, 6.07) is 12.1. The van der Waals surface area contributed by atoms with E-state index in [0.29, 0.717) is 52.2 Å². The third-order valence-electron chi connectivity index (χ3n) is 5.90. The number of benzene rings is 1. The Morgan fingerprint density at radius 3 is 2.06 bits per heavy atom. The molecule has 1 aromatic heterocycles. The summed E-state index contributed by atoms with van der Waals surface area (Å²) >= 11 is 0. The van der Waals surface area contributed by atoms with E-state index < -0.39 is 0 Å². The van der Waals surface area contributed by atoms with E-state index in [1.54, 1.807) is 39.4 Å². The zero-order valence-electron chi connectivity index (χ0n) is 30.4. The van der Waals surface area contributed by atoms with Gasteiger partial charge < -0.3 is 36.4 Å². The fraction of sp³-hybridized carbons (Fsp3) is 0.486. The first-order valence-corrected chi connectivity index (χ1v) is 16.4. The molecule has 6 N–H and O–H groups in total. The Morgan fingerprint density at radius 2 is 1.57 bits per heavy atom. The number of amides is 1. The summed E-state index contributed by atoms with van der Waals surface area (Å²) in [7, 11) is 1.76. The summed E-state index contributed by atoms with van der Waals surface area (Å²) in [4.78, 5) is 48.0. The minimum Gasteiger partial charge on any atom is -0.466 e. The number of ether oxygens (including phenoxy) is 2. The Morgan fingerprint density at radius 1 is 0.980 bits per heavy atom. The predicted octanol–water partition coefficient (Wildman–Crippen LogP) is 4.57. The molecule has 2 aromatic rings. The minimum atomic E-state index is -0.389. The third kappa shape index (κ3) is 34.2. The number of hydrogen-bond donors (Lipinski definition) is 4. The van der Waals surface area contributed by atoms with Gasteiger partial charge >= 0.3 is 11.9 Å². The van der Waals surface area contributed by atoms with Gasteiger partial charge in [0.25, 0.3) is 0 Å². The topological polar surface area (TPSA) is 176 Å². The number of carbonyl (C=O) groups excluding carboxylic acids is 4. The third-order valence-corrected chi connectivity index (χ3v) is 5.90. The molecule has 1 heterocycles. The van der Waals surface area contributed by atoms with E-state index in [0.717, 1.165) is 23.8 Å². The predicted molar refractivity (Wildman–Crippen MR) is 196 cm³/mol. The smallest absolute Gasteiger partial charge is 0.308 e. The van der Waals surface area contributed by atoms with Gasteiger partial charge in [-0.25, -0.2) is 0 Å². The van der Waals surface area contributed by atoms with Gasteiger partial charge in [-0.3, -0.25) is 19.4 Å². The second-order valence-electron chi connectivity index (χ2n) is 9.85. The Labute approximate surface area is 309 Å². The van der Waals surface area contributed by atoms with Gasteiger partial charge in [-0.05, 0) is 62.6 Å². The quantitative estimate of drug-likeness (QED) is 0.0764. The molecule has 1 amide bonds. The molecule has 0 aliphatic carbocycles. The number of allylic oxidation sites excluding steroid dienone is 2. The van der Waals surface area contributed by atoms with Crippen LogP contribution in [0.3, 0.4) is 0 Å². The fourth-order valence-corrected chi connectivity index (χ4v) is 3.13. The number of nitrogens with zero attached hydrogens (tertiary/aromatic N) is 1. The number of carbonyl (C=O) groups is 4. The molecule has 0 saturated carbocycles. The van der Waals surface area contributed by atoms with Gasteiger partial charge in [0, 0.05) is 72.5 Å². The number of likely N-dealkylation sites (N-methyl/N-ethyl adjacent to an activating group) is 1. The fourth-order valence-electron chi connectivity index (χ4n) is 3.13. The van der Waals surface area contributed by atoms with Crippen LogP contribution in [-0.4, -0.2) is 75.6 Å². The Kier molecular flexibility index (Phi) is 41.6. The number of aromatic nitrogens is 1. The summed E-state index contributed by atoms with van der Waals surface area (Å²) in [5.41, 5.74) is 14.4. The normalized spacial score (nSPS) is 9.63. The van der Waals surface area contributed by atoms with Crippen LogP contribution < -0.4 is 22.1 Å².